The number of carbonyl (C=O) groups excluding carboxylic acids is 1. The first-order valence-electron chi connectivity index (χ1n) is 4.86. The van der Waals surface area contributed by atoms with Crippen LogP contribution in [-0.4, -0.2) is 11.3 Å². The van der Waals surface area contributed by atoms with E-state index >= 15 is 0 Å². The van der Waals surface area contributed by atoms with Crippen molar-refractivity contribution in [3.05, 3.63) is 28.8 Å². The first-order valence-corrected chi connectivity index (χ1v) is 5.30. The zero-order chi connectivity index (χ0) is 15.8. The molecule has 0 aliphatic heterocycles. The molecule has 2 nitrogen and oxygen atoms in total. The van der Waals surface area contributed by atoms with Crippen LogP contribution in [0.3, 0.4) is 0 Å². The van der Waals surface area contributed by atoms with Crippen molar-refractivity contribution >= 4 is 23.2 Å². The average Bonchev–Trinajstić information content (AvgIpc) is 2.30. The summed E-state index contributed by atoms with van der Waals surface area (Å²) in [4.78, 5) is 11.1. The molecule has 112 valence electrons. The Morgan fingerprint density at radius 3 is 1.75 bits per heavy atom. The highest BCUT2D eigenvalue weighted by Crippen LogP contribution is 2.38. The van der Waals surface area contributed by atoms with E-state index in [1.54, 1.807) is 0 Å². The highest BCUT2D eigenvalue weighted by atomic mass is 35.5. The van der Waals surface area contributed by atoms with Crippen LogP contribution in [0.2, 0.25) is 0 Å². The molecule has 1 amide bonds. The normalized spacial score (nSPS) is 13.2. The van der Waals surface area contributed by atoms with Gasteiger partial charge in [-0.25, -0.2) is 17.6 Å². The molecule has 20 heavy (non-hydrogen) atoms. The van der Waals surface area contributed by atoms with E-state index in [2.05, 4.69) is 0 Å². The molecule has 0 radical (unpaired) electrons. The predicted octanol–water partition coefficient (Wildman–Crippen LogP) is 3.83. The lowest BCUT2D eigenvalue weighted by atomic mass is 10.1. The maximum Gasteiger partial charge on any atom is 0.422 e. The molecule has 0 saturated heterocycles. The Labute approximate surface area is 112 Å². The van der Waals surface area contributed by atoms with Gasteiger partial charge < -0.3 is 5.32 Å². The molecule has 0 bridgehead atoms. The SMILES string of the molecule is CC(Cl)C(=O)Nc1c(F)c(F)c(C(F)(F)F)c(F)c1F. The Bertz CT molecular complexity index is 527. The third-order valence-corrected chi connectivity index (χ3v) is 2.35. The zero-order valence-corrected chi connectivity index (χ0v) is 10.3. The smallest absolute Gasteiger partial charge is 0.320 e. The van der Waals surface area contributed by atoms with Crippen LogP contribution in [0.5, 0.6) is 0 Å². The maximum absolute atomic E-state index is 13.3. The molecule has 0 aliphatic carbocycles. The van der Waals surface area contributed by atoms with Crippen molar-refractivity contribution in [1.82, 2.24) is 0 Å². The molecule has 1 atom stereocenters. The Morgan fingerprint density at radius 1 is 1.05 bits per heavy atom. The largest absolute Gasteiger partial charge is 0.422 e. The van der Waals surface area contributed by atoms with Gasteiger partial charge in [0.1, 0.15) is 16.6 Å². The second kappa shape index (κ2) is 5.47. The molecule has 0 aromatic heterocycles. The van der Waals surface area contributed by atoms with Crippen LogP contribution in [0, 0.1) is 23.3 Å². The Balaban J connectivity index is 3.49. The van der Waals surface area contributed by atoms with Crippen molar-refractivity contribution < 1.29 is 35.5 Å². The fourth-order valence-electron chi connectivity index (χ4n) is 1.21. The number of hydrogen-bond acceptors (Lipinski definition) is 1. The Kier molecular flexibility index (Phi) is 4.52. The summed E-state index contributed by atoms with van der Waals surface area (Å²) in [5.74, 6) is -11.3. The average molecular weight is 324 g/mol. The van der Waals surface area contributed by atoms with Gasteiger partial charge in [-0.05, 0) is 6.92 Å². The number of nitrogens with one attached hydrogen (secondary N) is 1. The van der Waals surface area contributed by atoms with Gasteiger partial charge in [0.15, 0.2) is 23.3 Å². The molecular formula is C10H5ClF7NO. The lowest BCUT2D eigenvalue weighted by molar-refractivity contribution is -0.143. The molecule has 0 spiro atoms. The number of alkyl halides is 4. The van der Waals surface area contributed by atoms with Crippen LogP contribution in [0.15, 0.2) is 0 Å². The summed E-state index contributed by atoms with van der Waals surface area (Å²) in [6.07, 6.45) is -5.64. The summed E-state index contributed by atoms with van der Waals surface area (Å²) in [6, 6.07) is 0. The van der Waals surface area contributed by atoms with Crippen molar-refractivity contribution in [2.24, 2.45) is 0 Å². The standard InChI is InChI=1S/C10H5ClF7NO/c1-2(11)9(20)19-8-6(14)4(12)3(10(16,17)18)5(13)7(8)15/h2H,1H3,(H,19,20). The number of halogens is 8. The van der Waals surface area contributed by atoms with E-state index in [0.717, 1.165) is 6.92 Å². The summed E-state index contributed by atoms with van der Waals surface area (Å²) in [7, 11) is 0. The number of anilines is 1. The van der Waals surface area contributed by atoms with Gasteiger partial charge in [-0.3, -0.25) is 4.79 Å². The molecular weight excluding hydrogens is 319 g/mol. The van der Waals surface area contributed by atoms with Gasteiger partial charge in [-0.2, -0.15) is 13.2 Å². The minimum Gasteiger partial charge on any atom is -0.320 e. The zero-order valence-electron chi connectivity index (χ0n) is 9.51. The van der Waals surface area contributed by atoms with Gasteiger partial charge in [-0.15, -0.1) is 11.6 Å². The molecule has 0 aliphatic rings. The van der Waals surface area contributed by atoms with Gasteiger partial charge in [0.2, 0.25) is 5.91 Å². The summed E-state index contributed by atoms with van der Waals surface area (Å²) in [5.41, 5.74) is -4.39. The van der Waals surface area contributed by atoms with E-state index in [9.17, 15) is 35.5 Å². The van der Waals surface area contributed by atoms with E-state index in [1.807, 2.05) is 0 Å². The number of rotatable bonds is 2. The van der Waals surface area contributed by atoms with Crippen LogP contribution in [0.4, 0.5) is 36.4 Å². The van der Waals surface area contributed by atoms with Crippen LogP contribution in [0.25, 0.3) is 0 Å². The fraction of sp³-hybridized carbons (Fsp3) is 0.300. The van der Waals surface area contributed by atoms with Gasteiger partial charge in [0, 0.05) is 0 Å². The minimum atomic E-state index is -5.64. The number of hydrogen-bond donors (Lipinski definition) is 1. The molecule has 0 heterocycles. The quantitative estimate of drug-likeness (QED) is 0.500. The highest BCUT2D eigenvalue weighted by Gasteiger charge is 2.42. The van der Waals surface area contributed by atoms with E-state index < -0.39 is 52.0 Å². The fourth-order valence-corrected chi connectivity index (χ4v) is 1.27. The first-order chi connectivity index (χ1) is 8.98. The van der Waals surface area contributed by atoms with Gasteiger partial charge in [0.25, 0.3) is 0 Å². The number of carbonyl (C=O) groups is 1. The summed E-state index contributed by atoms with van der Waals surface area (Å²) in [5, 5.41) is 0.0387. The van der Waals surface area contributed by atoms with E-state index in [4.69, 9.17) is 11.6 Å². The summed E-state index contributed by atoms with van der Waals surface area (Å²) >= 11 is 5.24. The van der Waals surface area contributed by atoms with Gasteiger partial charge >= 0.3 is 6.18 Å². The predicted molar refractivity (Wildman–Crippen MR) is 55.2 cm³/mol. The molecule has 1 rings (SSSR count). The number of benzene rings is 1. The summed E-state index contributed by atoms with van der Waals surface area (Å²) < 4.78 is 89.8. The molecule has 1 unspecified atom stereocenters. The Morgan fingerprint density at radius 2 is 1.45 bits per heavy atom. The minimum absolute atomic E-state index is 1.07. The highest BCUT2D eigenvalue weighted by molar-refractivity contribution is 6.32. The van der Waals surface area contributed by atoms with Crippen molar-refractivity contribution in [2.75, 3.05) is 5.32 Å². The first kappa shape index (κ1) is 16.5. The lowest BCUT2D eigenvalue weighted by Crippen LogP contribution is -2.24. The topological polar surface area (TPSA) is 29.1 Å². The maximum atomic E-state index is 13.3. The van der Waals surface area contributed by atoms with Crippen LogP contribution in [0.1, 0.15) is 12.5 Å². The van der Waals surface area contributed by atoms with Crippen molar-refractivity contribution in [3.8, 4) is 0 Å². The molecule has 0 fully saturated rings. The van der Waals surface area contributed by atoms with Crippen molar-refractivity contribution in [3.63, 3.8) is 0 Å². The third-order valence-electron chi connectivity index (χ3n) is 2.16. The van der Waals surface area contributed by atoms with Gasteiger partial charge in [-0.1, -0.05) is 0 Å². The molecule has 1 N–H and O–H groups in total. The van der Waals surface area contributed by atoms with E-state index in [-0.39, 0.29) is 0 Å². The van der Waals surface area contributed by atoms with Crippen molar-refractivity contribution in [1.29, 1.82) is 0 Å². The van der Waals surface area contributed by atoms with Crippen molar-refractivity contribution in [2.45, 2.75) is 18.5 Å². The molecule has 1 aromatic rings. The number of amides is 1. The van der Waals surface area contributed by atoms with E-state index in [1.165, 1.54) is 5.32 Å². The van der Waals surface area contributed by atoms with E-state index in [0.29, 0.717) is 0 Å². The van der Waals surface area contributed by atoms with Crippen LogP contribution in [-0.2, 0) is 11.0 Å². The molecule has 0 saturated carbocycles. The molecule has 1 aromatic carbocycles. The lowest BCUT2D eigenvalue weighted by Gasteiger charge is -2.15. The third kappa shape index (κ3) is 2.97. The molecule has 10 heteroatoms. The second-order valence-corrected chi connectivity index (χ2v) is 4.26. The Hall–Kier alpha value is -1.51. The van der Waals surface area contributed by atoms with Crippen LogP contribution >= 0.6 is 11.6 Å². The summed E-state index contributed by atoms with van der Waals surface area (Å²) in [6.45, 7) is 1.07. The van der Waals surface area contributed by atoms with Gasteiger partial charge in [0.05, 0.1) is 0 Å². The second-order valence-electron chi connectivity index (χ2n) is 3.61. The monoisotopic (exact) mass is 323 g/mol. The van der Waals surface area contributed by atoms with Crippen LogP contribution < -0.4 is 5.32 Å².